The van der Waals surface area contributed by atoms with Gasteiger partial charge in [-0.1, -0.05) is 0 Å². The lowest BCUT2D eigenvalue weighted by atomic mass is 9.98. The Morgan fingerprint density at radius 3 is 2.15 bits per heavy atom. The summed E-state index contributed by atoms with van der Waals surface area (Å²) in [6, 6.07) is 3.69. The molecule has 0 radical (unpaired) electrons. The molecule has 5 heteroatoms. The van der Waals surface area contributed by atoms with Gasteiger partial charge in [-0.25, -0.2) is 0 Å². The predicted molar refractivity (Wildman–Crippen MR) is 75.3 cm³/mol. The summed E-state index contributed by atoms with van der Waals surface area (Å²) in [5.41, 5.74) is 1.88. The van der Waals surface area contributed by atoms with Crippen LogP contribution in [-0.4, -0.2) is 39.0 Å². The standard InChI is InChI=1S/C15H22O5/c1-18-13-8-11(6-4-5-7-16)12(9-14(13)19-2)10-15(17)20-3/h8-9,16H,4-7,10H2,1-3H3. The molecule has 20 heavy (non-hydrogen) atoms. The number of esters is 1. The van der Waals surface area contributed by atoms with Crippen LogP contribution in [0.25, 0.3) is 0 Å². The van der Waals surface area contributed by atoms with Crippen molar-refractivity contribution >= 4 is 5.97 Å². The van der Waals surface area contributed by atoms with Crippen LogP contribution in [-0.2, 0) is 22.4 Å². The average Bonchev–Trinajstić information content (AvgIpc) is 2.48. The summed E-state index contributed by atoms with van der Waals surface area (Å²) in [6.07, 6.45) is 2.55. The van der Waals surface area contributed by atoms with Crippen LogP contribution >= 0.6 is 0 Å². The van der Waals surface area contributed by atoms with Gasteiger partial charge in [0.1, 0.15) is 0 Å². The van der Waals surface area contributed by atoms with Crippen LogP contribution in [0.5, 0.6) is 11.5 Å². The van der Waals surface area contributed by atoms with E-state index in [1.54, 1.807) is 14.2 Å². The smallest absolute Gasteiger partial charge is 0.309 e. The Hall–Kier alpha value is -1.75. The lowest BCUT2D eigenvalue weighted by molar-refractivity contribution is -0.139. The zero-order valence-electron chi connectivity index (χ0n) is 12.3. The van der Waals surface area contributed by atoms with E-state index >= 15 is 0 Å². The molecule has 1 aromatic rings. The number of carbonyl (C=O) groups is 1. The summed E-state index contributed by atoms with van der Waals surface area (Å²) in [5.74, 6) is 0.943. The first-order chi connectivity index (χ1) is 9.65. The highest BCUT2D eigenvalue weighted by molar-refractivity contribution is 5.73. The second-order valence-corrected chi connectivity index (χ2v) is 4.41. The fraction of sp³-hybridized carbons (Fsp3) is 0.533. The molecule has 0 aromatic heterocycles. The SMILES string of the molecule is COC(=O)Cc1cc(OC)c(OC)cc1CCCCO. The molecule has 0 saturated heterocycles. The molecular formula is C15H22O5. The highest BCUT2D eigenvalue weighted by Crippen LogP contribution is 2.31. The van der Waals surface area contributed by atoms with Crippen molar-refractivity contribution in [3.05, 3.63) is 23.3 Å². The third kappa shape index (κ3) is 4.42. The van der Waals surface area contributed by atoms with Crippen molar-refractivity contribution in [3.8, 4) is 11.5 Å². The molecular weight excluding hydrogens is 260 g/mol. The lowest BCUT2D eigenvalue weighted by Crippen LogP contribution is -2.08. The van der Waals surface area contributed by atoms with Crippen molar-refractivity contribution in [2.24, 2.45) is 0 Å². The van der Waals surface area contributed by atoms with Gasteiger partial charge < -0.3 is 19.3 Å². The first-order valence-electron chi connectivity index (χ1n) is 6.57. The van der Waals surface area contributed by atoms with E-state index < -0.39 is 0 Å². The number of hydrogen-bond donors (Lipinski definition) is 1. The molecule has 0 heterocycles. The Balaban J connectivity index is 3.04. The molecule has 0 unspecified atom stereocenters. The molecule has 0 bridgehead atoms. The zero-order valence-corrected chi connectivity index (χ0v) is 12.3. The van der Waals surface area contributed by atoms with E-state index in [2.05, 4.69) is 0 Å². The number of methoxy groups -OCH3 is 3. The Kier molecular flexibility index (Phi) is 6.87. The van der Waals surface area contributed by atoms with E-state index in [0.29, 0.717) is 11.5 Å². The van der Waals surface area contributed by atoms with Crippen molar-refractivity contribution in [2.45, 2.75) is 25.7 Å². The Bertz CT molecular complexity index is 442. The van der Waals surface area contributed by atoms with E-state index in [-0.39, 0.29) is 19.0 Å². The summed E-state index contributed by atoms with van der Waals surface area (Å²) in [6.45, 7) is 0.166. The molecule has 1 rings (SSSR count). The van der Waals surface area contributed by atoms with Crippen molar-refractivity contribution < 1.29 is 24.1 Å². The number of ether oxygens (including phenoxy) is 3. The van der Waals surface area contributed by atoms with E-state index in [4.69, 9.17) is 19.3 Å². The molecule has 0 aliphatic heterocycles. The van der Waals surface area contributed by atoms with Crippen LogP contribution in [0.1, 0.15) is 24.0 Å². The number of benzene rings is 1. The van der Waals surface area contributed by atoms with Crippen molar-refractivity contribution in [3.63, 3.8) is 0 Å². The minimum Gasteiger partial charge on any atom is -0.493 e. The summed E-state index contributed by atoms with van der Waals surface area (Å²) in [7, 11) is 4.51. The van der Waals surface area contributed by atoms with Gasteiger partial charge in [0.2, 0.25) is 0 Å². The van der Waals surface area contributed by atoms with Crippen molar-refractivity contribution in [1.82, 2.24) is 0 Å². The molecule has 0 amide bonds. The quantitative estimate of drug-likeness (QED) is 0.581. The normalized spacial score (nSPS) is 10.2. The molecule has 0 spiro atoms. The van der Waals surface area contributed by atoms with E-state index in [1.165, 1.54) is 7.11 Å². The van der Waals surface area contributed by atoms with Crippen LogP contribution < -0.4 is 9.47 Å². The summed E-state index contributed by atoms with van der Waals surface area (Å²) >= 11 is 0. The molecule has 1 N–H and O–H groups in total. The van der Waals surface area contributed by atoms with Gasteiger partial charge in [0.25, 0.3) is 0 Å². The first-order valence-corrected chi connectivity index (χ1v) is 6.57. The number of carbonyl (C=O) groups excluding carboxylic acids is 1. The second-order valence-electron chi connectivity index (χ2n) is 4.41. The van der Waals surface area contributed by atoms with Gasteiger partial charge >= 0.3 is 5.97 Å². The molecule has 1 aromatic carbocycles. The lowest BCUT2D eigenvalue weighted by Gasteiger charge is -2.14. The monoisotopic (exact) mass is 282 g/mol. The average molecular weight is 282 g/mol. The van der Waals surface area contributed by atoms with Crippen molar-refractivity contribution in [2.75, 3.05) is 27.9 Å². The molecule has 112 valence electrons. The largest absolute Gasteiger partial charge is 0.493 e. The molecule has 5 nitrogen and oxygen atoms in total. The summed E-state index contributed by atoms with van der Waals surface area (Å²) in [5, 5.41) is 8.86. The van der Waals surface area contributed by atoms with Crippen LogP contribution in [0.4, 0.5) is 0 Å². The highest BCUT2D eigenvalue weighted by atomic mass is 16.5. The van der Waals surface area contributed by atoms with Gasteiger partial charge in [-0.15, -0.1) is 0 Å². The third-order valence-electron chi connectivity index (χ3n) is 3.12. The summed E-state index contributed by atoms with van der Waals surface area (Å²) in [4.78, 5) is 11.5. The van der Waals surface area contributed by atoms with Crippen LogP contribution in [0.3, 0.4) is 0 Å². The number of hydrogen-bond acceptors (Lipinski definition) is 5. The topological polar surface area (TPSA) is 65.0 Å². The number of aliphatic hydroxyl groups is 1. The molecule has 0 atom stereocenters. The Morgan fingerprint density at radius 2 is 1.65 bits per heavy atom. The van der Waals surface area contributed by atoms with Gasteiger partial charge in [-0.3, -0.25) is 4.79 Å². The zero-order chi connectivity index (χ0) is 15.0. The van der Waals surface area contributed by atoms with Crippen molar-refractivity contribution in [1.29, 1.82) is 0 Å². The molecule has 0 aliphatic rings. The van der Waals surface area contributed by atoms with Gasteiger partial charge in [0.05, 0.1) is 27.8 Å². The maximum Gasteiger partial charge on any atom is 0.309 e. The fourth-order valence-corrected chi connectivity index (χ4v) is 2.02. The number of unbranched alkanes of at least 4 members (excludes halogenated alkanes) is 1. The number of aryl methyl sites for hydroxylation is 1. The maximum atomic E-state index is 11.5. The van der Waals surface area contributed by atoms with E-state index in [9.17, 15) is 4.79 Å². The van der Waals surface area contributed by atoms with Gasteiger partial charge in [0.15, 0.2) is 11.5 Å². The van der Waals surface area contributed by atoms with Gasteiger partial charge in [-0.05, 0) is 42.5 Å². The summed E-state index contributed by atoms with van der Waals surface area (Å²) < 4.78 is 15.2. The molecule has 0 saturated carbocycles. The van der Waals surface area contributed by atoms with E-state index in [0.717, 1.165) is 30.4 Å². The molecule has 0 aliphatic carbocycles. The van der Waals surface area contributed by atoms with Gasteiger partial charge in [-0.2, -0.15) is 0 Å². The Labute approximate surface area is 119 Å². The third-order valence-corrected chi connectivity index (χ3v) is 3.12. The molecule has 0 fully saturated rings. The van der Waals surface area contributed by atoms with Gasteiger partial charge in [0, 0.05) is 6.61 Å². The van der Waals surface area contributed by atoms with E-state index in [1.807, 2.05) is 12.1 Å². The second kappa shape index (κ2) is 8.43. The fourth-order valence-electron chi connectivity index (χ4n) is 2.02. The minimum atomic E-state index is -0.291. The first kappa shape index (κ1) is 16.3. The van der Waals surface area contributed by atoms with Crippen LogP contribution in [0.2, 0.25) is 0 Å². The highest BCUT2D eigenvalue weighted by Gasteiger charge is 2.14. The predicted octanol–water partition coefficient (Wildman–Crippen LogP) is 1.73. The number of aliphatic hydroxyl groups excluding tert-OH is 1. The van der Waals surface area contributed by atoms with Crippen LogP contribution in [0, 0.1) is 0 Å². The minimum absolute atomic E-state index is 0.166. The number of rotatable bonds is 8. The maximum absolute atomic E-state index is 11.5. The van der Waals surface area contributed by atoms with Crippen LogP contribution in [0.15, 0.2) is 12.1 Å². The Morgan fingerprint density at radius 1 is 1.05 bits per heavy atom.